The van der Waals surface area contributed by atoms with Crippen LogP contribution in [0, 0.1) is 5.41 Å². The third kappa shape index (κ3) is 4.07. The standard InChI is InChI=1S/C29H22N4O/c1-20(30)21-14-16-24(17-15-21)33(28-13-5-8-22-7-2-3-11-26(22)28)25-10-4-9-23(19-25)29(34)27-12-6-18-31-32-27/h2-19,30H,1H3. The summed E-state index contributed by atoms with van der Waals surface area (Å²) in [4.78, 5) is 15.2. The van der Waals surface area contributed by atoms with Crippen molar-refractivity contribution in [2.24, 2.45) is 0 Å². The second-order valence-electron chi connectivity index (χ2n) is 7.99. The Balaban J connectivity index is 1.68. The van der Waals surface area contributed by atoms with Gasteiger partial charge in [-0.15, -0.1) is 5.10 Å². The number of hydrogen-bond donors (Lipinski definition) is 1. The summed E-state index contributed by atoms with van der Waals surface area (Å²) in [7, 11) is 0. The van der Waals surface area contributed by atoms with Gasteiger partial charge >= 0.3 is 0 Å². The highest BCUT2D eigenvalue weighted by molar-refractivity contribution is 6.08. The monoisotopic (exact) mass is 442 g/mol. The lowest BCUT2D eigenvalue weighted by molar-refractivity contribution is 0.103. The maximum atomic E-state index is 13.1. The molecule has 0 radical (unpaired) electrons. The van der Waals surface area contributed by atoms with Crippen LogP contribution < -0.4 is 4.90 Å². The van der Waals surface area contributed by atoms with Gasteiger partial charge in [0.2, 0.25) is 5.78 Å². The fourth-order valence-electron chi connectivity index (χ4n) is 4.05. The Kier molecular flexibility index (Phi) is 5.67. The first-order valence-corrected chi connectivity index (χ1v) is 11.0. The van der Waals surface area contributed by atoms with Gasteiger partial charge in [-0.3, -0.25) is 4.79 Å². The quantitative estimate of drug-likeness (QED) is 0.234. The van der Waals surface area contributed by atoms with Crippen LogP contribution in [0.5, 0.6) is 0 Å². The van der Waals surface area contributed by atoms with Crippen molar-refractivity contribution in [3.63, 3.8) is 0 Å². The minimum absolute atomic E-state index is 0.178. The van der Waals surface area contributed by atoms with Crippen molar-refractivity contribution in [3.8, 4) is 0 Å². The molecule has 5 rings (SSSR count). The molecule has 5 nitrogen and oxygen atoms in total. The van der Waals surface area contributed by atoms with Crippen molar-refractivity contribution >= 4 is 39.3 Å². The highest BCUT2D eigenvalue weighted by atomic mass is 16.1. The van der Waals surface area contributed by atoms with Crippen molar-refractivity contribution in [1.29, 1.82) is 5.41 Å². The van der Waals surface area contributed by atoms with Crippen LogP contribution in [0.1, 0.15) is 28.5 Å². The second kappa shape index (κ2) is 9.08. The fourth-order valence-corrected chi connectivity index (χ4v) is 4.05. The molecule has 0 spiro atoms. The van der Waals surface area contributed by atoms with Crippen LogP contribution in [-0.2, 0) is 0 Å². The van der Waals surface area contributed by atoms with Gasteiger partial charge in [0.1, 0.15) is 5.69 Å². The summed E-state index contributed by atoms with van der Waals surface area (Å²) in [5.74, 6) is -0.178. The number of hydrogen-bond acceptors (Lipinski definition) is 5. The molecule has 5 heteroatoms. The number of nitrogens with zero attached hydrogens (tertiary/aromatic N) is 3. The number of ketones is 1. The largest absolute Gasteiger partial charge is 0.310 e. The average Bonchev–Trinajstić information content (AvgIpc) is 2.89. The summed E-state index contributed by atoms with van der Waals surface area (Å²) >= 11 is 0. The van der Waals surface area contributed by atoms with E-state index in [2.05, 4.69) is 39.4 Å². The van der Waals surface area contributed by atoms with E-state index in [4.69, 9.17) is 5.41 Å². The van der Waals surface area contributed by atoms with Crippen LogP contribution in [-0.4, -0.2) is 21.7 Å². The molecular formula is C29H22N4O. The molecule has 1 aromatic heterocycles. The van der Waals surface area contributed by atoms with Crippen LogP contribution in [0.3, 0.4) is 0 Å². The molecule has 4 aromatic carbocycles. The molecule has 34 heavy (non-hydrogen) atoms. The van der Waals surface area contributed by atoms with Crippen molar-refractivity contribution < 1.29 is 4.79 Å². The van der Waals surface area contributed by atoms with E-state index in [1.165, 1.54) is 0 Å². The average molecular weight is 443 g/mol. The normalized spacial score (nSPS) is 10.7. The molecule has 0 aliphatic rings. The van der Waals surface area contributed by atoms with Crippen LogP contribution in [0.2, 0.25) is 0 Å². The Morgan fingerprint density at radius 3 is 2.29 bits per heavy atom. The number of carbonyl (C=O) groups excluding carboxylic acids is 1. The lowest BCUT2D eigenvalue weighted by Crippen LogP contribution is -2.12. The SMILES string of the molecule is CC(=N)c1ccc(N(c2cccc(C(=O)c3cccnn3)c2)c2cccc3ccccc23)cc1. The Morgan fingerprint density at radius 2 is 1.53 bits per heavy atom. The Bertz CT molecular complexity index is 1490. The van der Waals surface area contributed by atoms with Gasteiger partial charge in [-0.05, 0) is 60.3 Å². The predicted octanol–water partition coefficient (Wildman–Crippen LogP) is 6.72. The molecule has 0 unspecified atom stereocenters. The van der Waals surface area contributed by atoms with E-state index in [1.807, 2.05) is 60.7 Å². The van der Waals surface area contributed by atoms with Gasteiger partial charge in [0.15, 0.2) is 0 Å². The highest BCUT2D eigenvalue weighted by Crippen LogP contribution is 2.39. The minimum atomic E-state index is -0.178. The van der Waals surface area contributed by atoms with Gasteiger partial charge < -0.3 is 10.3 Å². The molecule has 0 aliphatic carbocycles. The summed E-state index contributed by atoms with van der Waals surface area (Å²) < 4.78 is 0. The van der Waals surface area contributed by atoms with Gasteiger partial charge in [0.25, 0.3) is 0 Å². The predicted molar refractivity (Wildman–Crippen MR) is 137 cm³/mol. The van der Waals surface area contributed by atoms with Crippen molar-refractivity contribution in [2.45, 2.75) is 6.92 Å². The van der Waals surface area contributed by atoms with Crippen LogP contribution >= 0.6 is 0 Å². The molecule has 1 N–H and O–H groups in total. The smallest absolute Gasteiger partial charge is 0.213 e. The minimum Gasteiger partial charge on any atom is -0.310 e. The van der Waals surface area contributed by atoms with Gasteiger partial charge in [-0.2, -0.15) is 5.10 Å². The lowest BCUT2D eigenvalue weighted by atomic mass is 10.0. The number of fused-ring (bicyclic) bond motifs is 1. The zero-order valence-electron chi connectivity index (χ0n) is 18.6. The van der Waals surface area contributed by atoms with Crippen molar-refractivity contribution in [3.05, 3.63) is 126 Å². The Labute approximate surface area is 197 Å². The van der Waals surface area contributed by atoms with Crippen LogP contribution in [0.4, 0.5) is 17.1 Å². The zero-order valence-corrected chi connectivity index (χ0v) is 18.6. The van der Waals surface area contributed by atoms with E-state index in [-0.39, 0.29) is 5.78 Å². The zero-order chi connectivity index (χ0) is 23.5. The van der Waals surface area contributed by atoms with E-state index in [0.717, 1.165) is 33.4 Å². The number of carbonyl (C=O) groups is 1. The summed E-state index contributed by atoms with van der Waals surface area (Å²) in [6, 6.07) is 33.3. The molecular weight excluding hydrogens is 420 g/mol. The van der Waals surface area contributed by atoms with Gasteiger partial charge in [-0.1, -0.05) is 60.7 Å². The molecule has 1 heterocycles. The molecule has 0 aliphatic heterocycles. The second-order valence-corrected chi connectivity index (χ2v) is 7.99. The summed E-state index contributed by atoms with van der Waals surface area (Å²) in [6.07, 6.45) is 1.55. The molecule has 0 fully saturated rings. The molecule has 0 amide bonds. The van der Waals surface area contributed by atoms with Crippen LogP contribution in [0.25, 0.3) is 10.8 Å². The number of aromatic nitrogens is 2. The van der Waals surface area contributed by atoms with E-state index in [0.29, 0.717) is 17.0 Å². The van der Waals surface area contributed by atoms with Crippen molar-refractivity contribution in [1.82, 2.24) is 10.2 Å². The maximum Gasteiger partial charge on any atom is 0.213 e. The van der Waals surface area contributed by atoms with E-state index < -0.39 is 0 Å². The molecule has 5 aromatic rings. The molecule has 0 saturated carbocycles. The number of rotatable bonds is 6. The molecule has 0 atom stereocenters. The summed E-state index contributed by atoms with van der Waals surface area (Å²) in [5.41, 5.74) is 5.02. The Hall–Kier alpha value is -4.64. The number of anilines is 3. The number of nitrogens with one attached hydrogen (secondary N) is 1. The van der Waals surface area contributed by atoms with Crippen molar-refractivity contribution in [2.75, 3.05) is 4.90 Å². The van der Waals surface area contributed by atoms with Crippen LogP contribution in [0.15, 0.2) is 109 Å². The number of benzene rings is 4. The lowest BCUT2D eigenvalue weighted by Gasteiger charge is -2.27. The van der Waals surface area contributed by atoms with E-state index in [1.54, 1.807) is 31.3 Å². The van der Waals surface area contributed by atoms with Gasteiger partial charge in [0, 0.05) is 34.2 Å². The summed E-state index contributed by atoms with van der Waals surface area (Å²) in [5, 5.41) is 18.0. The Morgan fingerprint density at radius 1 is 0.765 bits per heavy atom. The van der Waals surface area contributed by atoms with E-state index >= 15 is 0 Å². The fraction of sp³-hybridized carbons (Fsp3) is 0.0345. The summed E-state index contributed by atoms with van der Waals surface area (Å²) in [6.45, 7) is 1.78. The van der Waals surface area contributed by atoms with Gasteiger partial charge in [0.05, 0.1) is 5.69 Å². The first kappa shape index (κ1) is 21.2. The maximum absolute atomic E-state index is 13.1. The third-order valence-electron chi connectivity index (χ3n) is 5.74. The highest BCUT2D eigenvalue weighted by Gasteiger charge is 2.18. The first-order chi connectivity index (χ1) is 16.6. The van der Waals surface area contributed by atoms with E-state index in [9.17, 15) is 4.79 Å². The first-order valence-electron chi connectivity index (χ1n) is 11.0. The third-order valence-corrected chi connectivity index (χ3v) is 5.74. The molecule has 0 saturated heterocycles. The molecule has 164 valence electrons. The topological polar surface area (TPSA) is 69.9 Å². The molecule has 0 bridgehead atoms. The van der Waals surface area contributed by atoms with Gasteiger partial charge in [-0.25, -0.2) is 0 Å².